The second kappa shape index (κ2) is 5.25. The highest BCUT2D eigenvalue weighted by Crippen LogP contribution is 2.29. The molecule has 0 saturated heterocycles. The molecule has 0 aliphatic heterocycles. The van der Waals surface area contributed by atoms with Crippen LogP contribution in [0.3, 0.4) is 0 Å². The smallest absolute Gasteiger partial charge is 0.327 e. The second-order valence-corrected chi connectivity index (χ2v) is 3.31. The molecule has 90 valence electrons. The molecule has 1 atom stereocenters. The van der Waals surface area contributed by atoms with Crippen LogP contribution in [0.25, 0.3) is 0 Å². The van der Waals surface area contributed by atoms with Gasteiger partial charge in [-0.25, -0.2) is 4.39 Å². The van der Waals surface area contributed by atoms with Gasteiger partial charge in [-0.05, 0) is 6.42 Å². The molecule has 0 aliphatic rings. The van der Waals surface area contributed by atoms with Crippen molar-refractivity contribution in [2.75, 3.05) is 5.32 Å². The first-order valence-electron chi connectivity index (χ1n) is 4.85. The minimum absolute atomic E-state index is 0.252. The molecule has 0 heterocycles. The van der Waals surface area contributed by atoms with Crippen molar-refractivity contribution in [1.29, 1.82) is 0 Å². The van der Waals surface area contributed by atoms with E-state index >= 15 is 0 Å². The van der Waals surface area contributed by atoms with Crippen molar-refractivity contribution in [3.63, 3.8) is 0 Å². The third kappa shape index (κ3) is 2.91. The molecule has 1 unspecified atom stereocenters. The molecule has 1 aromatic rings. The van der Waals surface area contributed by atoms with Crippen LogP contribution in [0.2, 0.25) is 0 Å². The van der Waals surface area contributed by atoms with Crippen molar-refractivity contribution in [2.45, 2.75) is 19.4 Å². The van der Waals surface area contributed by atoms with E-state index in [1.165, 1.54) is 0 Å². The summed E-state index contributed by atoms with van der Waals surface area (Å²) in [4.78, 5) is 9.75. The van der Waals surface area contributed by atoms with Crippen LogP contribution in [0.1, 0.15) is 13.3 Å². The minimum atomic E-state index is -1.23. The molecule has 0 aromatic heterocycles. The van der Waals surface area contributed by atoms with Gasteiger partial charge in [-0.3, -0.25) is 10.1 Å². The second-order valence-electron chi connectivity index (χ2n) is 3.31. The fourth-order valence-corrected chi connectivity index (χ4v) is 1.31. The average Bonchev–Trinajstić information content (AvgIpc) is 2.24. The van der Waals surface area contributed by atoms with Crippen LogP contribution < -0.4 is 5.32 Å². The molecule has 4 nitrogen and oxygen atoms in total. The van der Waals surface area contributed by atoms with Crippen LogP contribution in [-0.4, -0.2) is 11.0 Å². The summed E-state index contributed by atoms with van der Waals surface area (Å²) in [5, 5.41) is 13.2. The lowest BCUT2D eigenvalue weighted by Crippen LogP contribution is -2.17. The van der Waals surface area contributed by atoms with E-state index in [9.17, 15) is 18.9 Å². The van der Waals surface area contributed by atoms with E-state index in [0.717, 1.165) is 6.07 Å². The Morgan fingerprint density at radius 2 is 2.24 bits per heavy atom. The number of terminal acetylenes is 1. The maximum atomic E-state index is 13.2. The van der Waals surface area contributed by atoms with Gasteiger partial charge in [-0.2, -0.15) is 4.39 Å². The van der Waals surface area contributed by atoms with E-state index in [1.807, 2.05) is 0 Å². The minimum Gasteiger partial charge on any atom is -0.366 e. The Kier molecular flexibility index (Phi) is 3.99. The lowest BCUT2D eigenvalue weighted by Gasteiger charge is -2.12. The molecule has 1 aromatic carbocycles. The maximum Gasteiger partial charge on any atom is 0.327 e. The Balaban J connectivity index is 3.22. The summed E-state index contributed by atoms with van der Waals surface area (Å²) in [6, 6.07) is 0.788. The van der Waals surface area contributed by atoms with Crippen molar-refractivity contribution in [3.05, 3.63) is 33.9 Å². The summed E-state index contributed by atoms with van der Waals surface area (Å²) in [5.74, 6) is 0.194. The van der Waals surface area contributed by atoms with Crippen LogP contribution in [-0.2, 0) is 0 Å². The zero-order valence-corrected chi connectivity index (χ0v) is 9.04. The zero-order chi connectivity index (χ0) is 13.0. The highest BCUT2D eigenvalue weighted by Gasteiger charge is 2.23. The number of anilines is 1. The Bertz CT molecular complexity index is 483. The first-order valence-corrected chi connectivity index (χ1v) is 4.85. The Hall–Kier alpha value is -2.16. The first kappa shape index (κ1) is 12.9. The summed E-state index contributed by atoms with van der Waals surface area (Å²) >= 11 is 0. The van der Waals surface area contributed by atoms with Crippen LogP contribution >= 0.6 is 0 Å². The Morgan fingerprint density at radius 1 is 1.59 bits per heavy atom. The quantitative estimate of drug-likeness (QED) is 0.500. The van der Waals surface area contributed by atoms with Crippen LogP contribution in [0.5, 0.6) is 0 Å². The number of rotatable bonds is 4. The fraction of sp³-hybridized carbons (Fsp3) is 0.273. The number of hydrogen-bond acceptors (Lipinski definition) is 3. The average molecular weight is 240 g/mol. The van der Waals surface area contributed by atoms with E-state index in [4.69, 9.17) is 6.42 Å². The van der Waals surface area contributed by atoms with Gasteiger partial charge in [0.2, 0.25) is 5.82 Å². The lowest BCUT2D eigenvalue weighted by atomic mass is 10.2. The van der Waals surface area contributed by atoms with Crippen molar-refractivity contribution >= 4 is 11.4 Å². The lowest BCUT2D eigenvalue weighted by molar-refractivity contribution is -0.386. The highest BCUT2D eigenvalue weighted by atomic mass is 19.1. The number of nitrogens with one attached hydrogen (secondary N) is 1. The van der Waals surface area contributed by atoms with E-state index in [2.05, 4.69) is 11.2 Å². The fourth-order valence-electron chi connectivity index (χ4n) is 1.31. The Labute approximate surface area is 96.8 Å². The highest BCUT2D eigenvalue weighted by molar-refractivity contribution is 5.63. The van der Waals surface area contributed by atoms with Gasteiger partial charge in [0.1, 0.15) is 11.5 Å². The van der Waals surface area contributed by atoms with Crippen molar-refractivity contribution in [2.24, 2.45) is 0 Å². The normalized spacial score (nSPS) is 11.6. The number of halogens is 2. The van der Waals surface area contributed by atoms with Crippen molar-refractivity contribution in [1.82, 2.24) is 0 Å². The van der Waals surface area contributed by atoms with E-state index in [1.54, 1.807) is 6.92 Å². The van der Waals surface area contributed by atoms with Crippen LogP contribution in [0.4, 0.5) is 20.2 Å². The third-order valence-electron chi connectivity index (χ3n) is 2.15. The molecule has 1 rings (SSSR count). The molecule has 0 bridgehead atoms. The molecule has 0 spiro atoms. The molecule has 0 fully saturated rings. The summed E-state index contributed by atoms with van der Waals surface area (Å²) in [7, 11) is 0. The predicted octanol–water partition coefficient (Wildman–Crippen LogP) is 2.70. The summed E-state index contributed by atoms with van der Waals surface area (Å²) in [6.45, 7) is 1.75. The summed E-state index contributed by atoms with van der Waals surface area (Å²) < 4.78 is 26.2. The number of benzene rings is 1. The maximum absolute atomic E-state index is 13.2. The summed E-state index contributed by atoms with van der Waals surface area (Å²) in [6.07, 6.45) is 5.64. The predicted molar refractivity (Wildman–Crippen MR) is 59.5 cm³/mol. The molecule has 0 amide bonds. The molecule has 0 aliphatic carbocycles. The van der Waals surface area contributed by atoms with E-state index in [-0.39, 0.29) is 5.69 Å². The largest absolute Gasteiger partial charge is 0.366 e. The van der Waals surface area contributed by atoms with Gasteiger partial charge >= 0.3 is 5.69 Å². The molecule has 1 N–H and O–H groups in total. The van der Waals surface area contributed by atoms with Gasteiger partial charge < -0.3 is 5.32 Å². The molecule has 0 radical (unpaired) electrons. The van der Waals surface area contributed by atoms with Gasteiger partial charge in [-0.1, -0.05) is 12.8 Å². The molecule has 6 heteroatoms. The van der Waals surface area contributed by atoms with Crippen LogP contribution in [0.15, 0.2) is 12.1 Å². The first-order chi connectivity index (χ1) is 7.99. The number of nitro groups is 1. The van der Waals surface area contributed by atoms with Crippen molar-refractivity contribution < 1.29 is 13.7 Å². The van der Waals surface area contributed by atoms with Crippen LogP contribution in [0, 0.1) is 34.1 Å². The SMILES string of the molecule is C#CC(CC)Nc1cc(F)cc(F)c1[N+](=O)[O-]. The van der Waals surface area contributed by atoms with Gasteiger partial charge in [0.05, 0.1) is 11.0 Å². The van der Waals surface area contributed by atoms with Gasteiger partial charge in [-0.15, -0.1) is 6.42 Å². The monoisotopic (exact) mass is 240 g/mol. The third-order valence-corrected chi connectivity index (χ3v) is 2.15. The van der Waals surface area contributed by atoms with E-state index < -0.39 is 28.3 Å². The van der Waals surface area contributed by atoms with Gasteiger partial charge in [0, 0.05) is 12.1 Å². The molecule has 17 heavy (non-hydrogen) atoms. The summed E-state index contributed by atoms with van der Waals surface area (Å²) in [5.41, 5.74) is -1.06. The van der Waals surface area contributed by atoms with E-state index in [0.29, 0.717) is 12.5 Å². The van der Waals surface area contributed by atoms with Crippen molar-refractivity contribution in [3.8, 4) is 12.3 Å². The molecular weight excluding hydrogens is 230 g/mol. The van der Waals surface area contributed by atoms with Gasteiger partial charge in [0.25, 0.3) is 0 Å². The standard InChI is InChI=1S/C11H10F2N2O2/c1-3-8(4-2)14-10-6-7(12)5-9(13)11(10)15(16)17/h1,5-6,8,14H,4H2,2H3. The van der Waals surface area contributed by atoms with Gasteiger partial charge in [0.15, 0.2) is 0 Å². The molecule has 0 saturated carbocycles. The molecular formula is C11H10F2N2O2. The Morgan fingerprint density at radius 3 is 2.71 bits per heavy atom. The number of nitro benzene ring substituents is 1. The topological polar surface area (TPSA) is 55.2 Å². The zero-order valence-electron chi connectivity index (χ0n) is 9.04. The number of hydrogen-bond donors (Lipinski definition) is 1. The number of nitrogens with zero attached hydrogens (tertiary/aromatic N) is 1.